The van der Waals surface area contributed by atoms with Gasteiger partial charge in [0.25, 0.3) is 5.91 Å². The average molecular weight is 423 g/mol. The second-order valence-corrected chi connectivity index (χ2v) is 8.42. The smallest absolute Gasteiger partial charge is 0.253 e. The lowest BCUT2D eigenvalue weighted by molar-refractivity contribution is -0.116. The molecule has 0 radical (unpaired) electrons. The molecule has 1 aliphatic heterocycles. The monoisotopic (exact) mass is 422 g/mol. The van der Waals surface area contributed by atoms with E-state index in [1.165, 1.54) is 12.1 Å². The Labute approximate surface area is 181 Å². The van der Waals surface area contributed by atoms with E-state index in [0.29, 0.717) is 29.8 Å². The van der Waals surface area contributed by atoms with Crippen molar-refractivity contribution >= 4 is 28.5 Å². The summed E-state index contributed by atoms with van der Waals surface area (Å²) in [6, 6.07) is 11.8. The first-order valence-corrected chi connectivity index (χ1v) is 10.7. The number of furan rings is 1. The molecule has 1 fully saturated rings. The minimum atomic E-state index is -0.315. The summed E-state index contributed by atoms with van der Waals surface area (Å²) in [6.07, 6.45) is 3.04. The third-order valence-corrected chi connectivity index (χ3v) is 5.93. The Balaban J connectivity index is 1.33. The molecular weight excluding hydrogens is 395 g/mol. The molecule has 1 saturated heterocycles. The normalized spacial score (nSPS) is 16.5. The third-order valence-electron chi connectivity index (χ3n) is 5.93. The van der Waals surface area contributed by atoms with Gasteiger partial charge in [0.2, 0.25) is 5.91 Å². The molecule has 1 unspecified atom stereocenters. The maximum absolute atomic E-state index is 13.2. The number of halogens is 1. The number of nitrogens with zero attached hydrogens (tertiary/aromatic N) is 1. The van der Waals surface area contributed by atoms with Gasteiger partial charge in [-0.05, 0) is 87.1 Å². The van der Waals surface area contributed by atoms with Gasteiger partial charge in [0, 0.05) is 36.1 Å². The van der Waals surface area contributed by atoms with Crippen LogP contribution in [0.4, 0.5) is 10.1 Å². The van der Waals surface area contributed by atoms with Crippen molar-refractivity contribution in [1.29, 1.82) is 0 Å². The van der Waals surface area contributed by atoms with Crippen LogP contribution in [0.1, 0.15) is 47.4 Å². The second kappa shape index (κ2) is 8.92. The van der Waals surface area contributed by atoms with E-state index in [1.54, 1.807) is 13.0 Å². The number of benzene rings is 2. The molecule has 2 heterocycles. The molecule has 3 aromatic rings. The van der Waals surface area contributed by atoms with Crippen molar-refractivity contribution in [3.8, 4) is 0 Å². The van der Waals surface area contributed by atoms with E-state index in [9.17, 15) is 14.0 Å². The lowest BCUT2D eigenvalue weighted by Crippen LogP contribution is -2.40. The number of anilines is 1. The molecule has 1 atom stereocenters. The van der Waals surface area contributed by atoms with Crippen molar-refractivity contribution in [3.05, 3.63) is 65.2 Å². The summed E-state index contributed by atoms with van der Waals surface area (Å²) in [5.41, 5.74) is 2.79. The molecule has 0 saturated carbocycles. The average Bonchev–Trinajstić information content (AvgIpc) is 3.13. The number of carbonyl (C=O) groups is 2. The number of fused-ring (bicyclic) bond motifs is 1. The highest BCUT2D eigenvalue weighted by Crippen LogP contribution is 2.25. The molecule has 1 aliphatic rings. The molecule has 4 rings (SSSR count). The highest BCUT2D eigenvalue weighted by molar-refractivity contribution is 5.98. The molecule has 0 spiro atoms. The van der Waals surface area contributed by atoms with Gasteiger partial charge in [-0.15, -0.1) is 0 Å². The van der Waals surface area contributed by atoms with E-state index in [4.69, 9.17) is 4.42 Å². The van der Waals surface area contributed by atoms with Crippen LogP contribution in [0.2, 0.25) is 0 Å². The summed E-state index contributed by atoms with van der Waals surface area (Å²) in [7, 11) is 0. The fourth-order valence-corrected chi connectivity index (χ4v) is 4.29. The fourth-order valence-electron chi connectivity index (χ4n) is 4.29. The first-order chi connectivity index (χ1) is 14.9. The first kappa shape index (κ1) is 21.1. The van der Waals surface area contributed by atoms with Crippen molar-refractivity contribution in [2.75, 3.05) is 18.4 Å². The quantitative estimate of drug-likeness (QED) is 0.594. The zero-order valence-electron chi connectivity index (χ0n) is 17.9. The van der Waals surface area contributed by atoms with Crippen LogP contribution in [0, 0.1) is 25.6 Å². The SMILES string of the molecule is Cc1cc2cc(C(=O)N3CCCC(CCC(=O)Nc4ccc(F)cc4C)C3)ccc2o1. The van der Waals surface area contributed by atoms with E-state index < -0.39 is 0 Å². The van der Waals surface area contributed by atoms with Crippen molar-refractivity contribution in [2.45, 2.75) is 39.5 Å². The highest BCUT2D eigenvalue weighted by Gasteiger charge is 2.25. The molecule has 2 aromatic carbocycles. The van der Waals surface area contributed by atoms with Gasteiger partial charge in [0.05, 0.1) is 0 Å². The number of aryl methyl sites for hydroxylation is 2. The van der Waals surface area contributed by atoms with Gasteiger partial charge in [-0.2, -0.15) is 0 Å². The first-order valence-electron chi connectivity index (χ1n) is 10.7. The van der Waals surface area contributed by atoms with E-state index in [1.807, 2.05) is 36.1 Å². The van der Waals surface area contributed by atoms with Gasteiger partial charge in [-0.25, -0.2) is 4.39 Å². The molecule has 2 amide bonds. The highest BCUT2D eigenvalue weighted by atomic mass is 19.1. The lowest BCUT2D eigenvalue weighted by Gasteiger charge is -2.33. The van der Waals surface area contributed by atoms with Crippen molar-refractivity contribution in [1.82, 2.24) is 4.90 Å². The zero-order valence-corrected chi connectivity index (χ0v) is 17.9. The molecule has 0 aliphatic carbocycles. The Kier molecular flexibility index (Phi) is 6.07. The number of likely N-dealkylation sites (tertiary alicyclic amines) is 1. The topological polar surface area (TPSA) is 62.6 Å². The molecule has 0 bridgehead atoms. The van der Waals surface area contributed by atoms with Crippen LogP contribution < -0.4 is 5.32 Å². The summed E-state index contributed by atoms with van der Waals surface area (Å²) in [5.74, 6) is 0.740. The summed E-state index contributed by atoms with van der Waals surface area (Å²) < 4.78 is 18.8. The van der Waals surface area contributed by atoms with E-state index in [2.05, 4.69) is 5.32 Å². The minimum absolute atomic E-state index is 0.0249. The molecule has 5 nitrogen and oxygen atoms in total. The summed E-state index contributed by atoms with van der Waals surface area (Å²) in [4.78, 5) is 27.3. The van der Waals surface area contributed by atoms with Crippen LogP contribution >= 0.6 is 0 Å². The number of amides is 2. The standard InChI is InChI=1S/C25H27FN2O3/c1-16-12-21(26)7-8-22(16)27-24(29)10-5-18-4-3-11-28(15-18)25(30)19-6-9-23-20(14-19)13-17(2)31-23/h6-9,12-14,18H,3-5,10-11,15H2,1-2H3,(H,27,29). The van der Waals surface area contributed by atoms with Crippen LogP contribution in [-0.2, 0) is 4.79 Å². The Morgan fingerprint density at radius 1 is 1.16 bits per heavy atom. The molecule has 162 valence electrons. The maximum Gasteiger partial charge on any atom is 0.253 e. The van der Waals surface area contributed by atoms with E-state index >= 15 is 0 Å². The van der Waals surface area contributed by atoms with Gasteiger partial charge in [0.1, 0.15) is 17.2 Å². The Bertz CT molecular complexity index is 1120. The number of carbonyl (C=O) groups excluding carboxylic acids is 2. The molecular formula is C25H27FN2O3. The van der Waals surface area contributed by atoms with Crippen LogP contribution in [0.3, 0.4) is 0 Å². The molecule has 6 heteroatoms. The van der Waals surface area contributed by atoms with E-state index in [0.717, 1.165) is 42.5 Å². The Hall–Kier alpha value is -3.15. The van der Waals surface area contributed by atoms with Gasteiger partial charge in [0.15, 0.2) is 0 Å². The second-order valence-electron chi connectivity index (χ2n) is 8.42. The number of piperidine rings is 1. The molecule has 31 heavy (non-hydrogen) atoms. The number of nitrogens with one attached hydrogen (secondary N) is 1. The van der Waals surface area contributed by atoms with Gasteiger partial charge < -0.3 is 14.6 Å². The number of hydrogen-bond donors (Lipinski definition) is 1. The summed E-state index contributed by atoms with van der Waals surface area (Å²) in [5, 5.41) is 3.80. The summed E-state index contributed by atoms with van der Waals surface area (Å²) in [6.45, 7) is 5.05. The third kappa shape index (κ3) is 4.95. The molecule has 1 aromatic heterocycles. The van der Waals surface area contributed by atoms with Crippen molar-refractivity contribution in [2.24, 2.45) is 5.92 Å². The van der Waals surface area contributed by atoms with Gasteiger partial charge >= 0.3 is 0 Å². The van der Waals surface area contributed by atoms with Crippen LogP contribution in [-0.4, -0.2) is 29.8 Å². The lowest BCUT2D eigenvalue weighted by atomic mass is 9.92. The predicted octanol–water partition coefficient (Wildman–Crippen LogP) is 5.46. The molecule has 1 N–H and O–H groups in total. The largest absolute Gasteiger partial charge is 0.461 e. The Morgan fingerprint density at radius 3 is 2.81 bits per heavy atom. The Morgan fingerprint density at radius 2 is 2.00 bits per heavy atom. The number of rotatable bonds is 5. The van der Waals surface area contributed by atoms with Crippen LogP contribution in [0.15, 0.2) is 46.9 Å². The minimum Gasteiger partial charge on any atom is -0.461 e. The van der Waals surface area contributed by atoms with Gasteiger partial charge in [-0.1, -0.05) is 0 Å². The van der Waals surface area contributed by atoms with Gasteiger partial charge in [-0.3, -0.25) is 9.59 Å². The number of hydrogen-bond acceptors (Lipinski definition) is 3. The zero-order chi connectivity index (χ0) is 22.0. The van der Waals surface area contributed by atoms with Crippen LogP contribution in [0.5, 0.6) is 0 Å². The van der Waals surface area contributed by atoms with E-state index in [-0.39, 0.29) is 23.5 Å². The van der Waals surface area contributed by atoms with Crippen molar-refractivity contribution < 1.29 is 18.4 Å². The fraction of sp³-hybridized carbons (Fsp3) is 0.360. The maximum atomic E-state index is 13.2. The van der Waals surface area contributed by atoms with Crippen LogP contribution in [0.25, 0.3) is 11.0 Å². The predicted molar refractivity (Wildman–Crippen MR) is 119 cm³/mol. The van der Waals surface area contributed by atoms with Crippen molar-refractivity contribution in [3.63, 3.8) is 0 Å². The summed E-state index contributed by atoms with van der Waals surface area (Å²) >= 11 is 0.